The van der Waals surface area contributed by atoms with Crippen molar-refractivity contribution in [3.63, 3.8) is 0 Å². The number of halogens is 1. The fourth-order valence-corrected chi connectivity index (χ4v) is 5.76. The third-order valence-corrected chi connectivity index (χ3v) is 7.61. The first-order valence-electron chi connectivity index (χ1n) is 7.51. The summed E-state index contributed by atoms with van der Waals surface area (Å²) in [5.74, 6) is 0. The Morgan fingerprint density at radius 2 is 2.13 bits per heavy atom. The summed E-state index contributed by atoms with van der Waals surface area (Å²) in [5.41, 5.74) is 1.38. The fraction of sp³-hybridized carbons (Fsp3) is 0.375. The maximum atomic E-state index is 12.4. The number of sulfonamides is 1. The number of fused-ring (bicyclic) bond motifs is 1. The molecule has 0 saturated carbocycles. The van der Waals surface area contributed by atoms with Gasteiger partial charge in [-0.05, 0) is 58.4 Å². The zero-order chi connectivity index (χ0) is 16.4. The summed E-state index contributed by atoms with van der Waals surface area (Å²) < 4.78 is 28.2. The Labute approximate surface area is 149 Å². The van der Waals surface area contributed by atoms with Crippen molar-refractivity contribution in [2.75, 3.05) is 13.1 Å². The average molecular weight is 415 g/mol. The van der Waals surface area contributed by atoms with Gasteiger partial charge in [-0.25, -0.2) is 13.1 Å². The Balaban J connectivity index is 1.63. The quantitative estimate of drug-likeness (QED) is 0.816. The molecule has 0 unspecified atom stereocenters. The molecule has 3 rings (SSSR count). The second-order valence-electron chi connectivity index (χ2n) is 5.72. The minimum absolute atomic E-state index is 0.153. The van der Waals surface area contributed by atoms with Crippen LogP contribution in [0, 0.1) is 0 Å². The van der Waals surface area contributed by atoms with Crippen LogP contribution < -0.4 is 4.72 Å². The van der Waals surface area contributed by atoms with Gasteiger partial charge in [0.1, 0.15) is 0 Å². The smallest absolute Gasteiger partial charge is 0.241 e. The molecule has 0 radical (unpaired) electrons. The van der Waals surface area contributed by atoms with Crippen LogP contribution in [0.15, 0.2) is 45.1 Å². The second-order valence-corrected chi connectivity index (χ2v) is 9.31. The molecule has 1 atom stereocenters. The van der Waals surface area contributed by atoms with Crippen molar-refractivity contribution in [1.29, 1.82) is 0 Å². The number of hydrogen-bond donors (Lipinski definition) is 1. The molecule has 1 aliphatic heterocycles. The van der Waals surface area contributed by atoms with Gasteiger partial charge in [0.25, 0.3) is 0 Å². The Bertz CT molecular complexity index is 789. The minimum atomic E-state index is -3.50. The summed E-state index contributed by atoms with van der Waals surface area (Å²) in [7, 11) is -3.50. The predicted molar refractivity (Wildman–Crippen MR) is 97.2 cm³/mol. The van der Waals surface area contributed by atoms with E-state index in [1.807, 2.05) is 11.3 Å². The van der Waals surface area contributed by atoms with Crippen LogP contribution in [0.2, 0.25) is 0 Å². The number of nitrogens with one attached hydrogen (secondary N) is 1. The number of rotatable bonds is 5. The molecule has 0 saturated heterocycles. The van der Waals surface area contributed by atoms with Gasteiger partial charge >= 0.3 is 0 Å². The number of thiophene rings is 1. The van der Waals surface area contributed by atoms with Crippen LogP contribution in [-0.4, -0.2) is 32.4 Å². The lowest BCUT2D eigenvalue weighted by Gasteiger charge is -2.32. The summed E-state index contributed by atoms with van der Waals surface area (Å²) in [6.45, 7) is 4.35. The molecule has 1 aromatic heterocycles. The molecule has 0 aliphatic carbocycles. The van der Waals surface area contributed by atoms with E-state index >= 15 is 0 Å². The van der Waals surface area contributed by atoms with Crippen molar-refractivity contribution >= 4 is 37.3 Å². The summed E-state index contributed by atoms with van der Waals surface area (Å²) in [4.78, 5) is 4.07. The molecule has 2 heterocycles. The number of nitrogens with zero attached hydrogens (tertiary/aromatic N) is 1. The third-order valence-electron chi connectivity index (χ3n) is 4.16. The molecule has 2 aromatic rings. The van der Waals surface area contributed by atoms with Crippen molar-refractivity contribution in [3.8, 4) is 0 Å². The molecule has 1 aliphatic rings. The highest BCUT2D eigenvalue weighted by molar-refractivity contribution is 9.10. The number of benzene rings is 1. The van der Waals surface area contributed by atoms with Crippen molar-refractivity contribution < 1.29 is 8.42 Å². The SMILES string of the molecule is C[C@H](CNS(=O)(=O)c1ccccc1Br)N1CCc2sccc2C1. The molecule has 0 spiro atoms. The van der Waals surface area contributed by atoms with Crippen LogP contribution in [-0.2, 0) is 23.0 Å². The second kappa shape index (κ2) is 7.03. The van der Waals surface area contributed by atoms with Crippen LogP contribution in [0.5, 0.6) is 0 Å². The monoisotopic (exact) mass is 414 g/mol. The van der Waals surface area contributed by atoms with E-state index in [-0.39, 0.29) is 10.9 Å². The Hall–Kier alpha value is -0.730. The molecule has 1 aromatic carbocycles. The van der Waals surface area contributed by atoms with Gasteiger partial charge in [0.05, 0.1) is 4.90 Å². The van der Waals surface area contributed by atoms with Gasteiger partial charge in [0.2, 0.25) is 10.0 Å². The van der Waals surface area contributed by atoms with Crippen LogP contribution in [0.4, 0.5) is 0 Å². The third kappa shape index (κ3) is 3.85. The normalized spacial score (nSPS) is 17.0. The van der Waals surface area contributed by atoms with Gasteiger partial charge in [0, 0.05) is 35.0 Å². The topological polar surface area (TPSA) is 49.4 Å². The van der Waals surface area contributed by atoms with E-state index in [0.717, 1.165) is 19.5 Å². The molecule has 0 fully saturated rings. The van der Waals surface area contributed by atoms with Crippen LogP contribution in [0.3, 0.4) is 0 Å². The molecule has 0 bridgehead atoms. The number of hydrogen-bond acceptors (Lipinski definition) is 4. The van der Waals surface area contributed by atoms with Gasteiger partial charge in [0.15, 0.2) is 0 Å². The van der Waals surface area contributed by atoms with Gasteiger partial charge in [-0.1, -0.05) is 12.1 Å². The lowest BCUT2D eigenvalue weighted by molar-refractivity contribution is 0.193. The lowest BCUT2D eigenvalue weighted by Crippen LogP contribution is -2.44. The predicted octanol–water partition coefficient (Wildman–Crippen LogP) is 3.24. The first-order chi connectivity index (χ1) is 11.0. The zero-order valence-corrected chi connectivity index (χ0v) is 16.0. The fourth-order valence-electron chi connectivity index (χ4n) is 2.75. The van der Waals surface area contributed by atoms with Crippen molar-refractivity contribution in [2.24, 2.45) is 0 Å². The van der Waals surface area contributed by atoms with Crippen molar-refractivity contribution in [2.45, 2.75) is 30.8 Å². The molecular formula is C16H19BrN2O2S2. The van der Waals surface area contributed by atoms with E-state index in [9.17, 15) is 8.42 Å². The zero-order valence-electron chi connectivity index (χ0n) is 12.8. The Morgan fingerprint density at radius 3 is 2.91 bits per heavy atom. The molecule has 1 N–H and O–H groups in total. The molecule has 0 amide bonds. The van der Waals surface area contributed by atoms with E-state index in [1.165, 1.54) is 10.4 Å². The van der Waals surface area contributed by atoms with E-state index in [4.69, 9.17) is 0 Å². The standard InChI is InChI=1S/C16H19BrN2O2S2/c1-12(19-8-6-15-13(11-19)7-9-22-15)10-18-23(20,21)16-5-3-2-4-14(16)17/h2-5,7,9,12,18H,6,8,10-11H2,1H3/t12-/m1/s1. The van der Waals surface area contributed by atoms with Crippen LogP contribution in [0.1, 0.15) is 17.4 Å². The molecule has 124 valence electrons. The molecule has 23 heavy (non-hydrogen) atoms. The van der Waals surface area contributed by atoms with E-state index in [2.05, 4.69) is 43.9 Å². The largest absolute Gasteiger partial charge is 0.295 e. The molecular weight excluding hydrogens is 396 g/mol. The Morgan fingerprint density at radius 1 is 1.35 bits per heavy atom. The van der Waals surface area contributed by atoms with Gasteiger partial charge in [-0.3, -0.25) is 4.90 Å². The van der Waals surface area contributed by atoms with E-state index < -0.39 is 10.0 Å². The lowest BCUT2D eigenvalue weighted by atomic mass is 10.1. The highest BCUT2D eigenvalue weighted by atomic mass is 79.9. The molecule has 7 heteroatoms. The highest BCUT2D eigenvalue weighted by Gasteiger charge is 2.23. The highest BCUT2D eigenvalue weighted by Crippen LogP contribution is 2.25. The molecule has 4 nitrogen and oxygen atoms in total. The summed E-state index contributed by atoms with van der Waals surface area (Å²) in [6, 6.07) is 9.20. The van der Waals surface area contributed by atoms with Gasteiger partial charge in [-0.15, -0.1) is 11.3 Å². The minimum Gasteiger partial charge on any atom is -0.295 e. The van der Waals surface area contributed by atoms with Crippen molar-refractivity contribution in [1.82, 2.24) is 9.62 Å². The summed E-state index contributed by atoms with van der Waals surface area (Å²) in [6.07, 6.45) is 1.05. The van der Waals surface area contributed by atoms with Crippen LogP contribution in [0.25, 0.3) is 0 Å². The first kappa shape index (κ1) is 17.1. The Kier molecular flexibility index (Phi) is 5.22. The van der Waals surface area contributed by atoms with E-state index in [1.54, 1.807) is 24.3 Å². The van der Waals surface area contributed by atoms with Crippen molar-refractivity contribution in [3.05, 3.63) is 50.6 Å². The summed E-state index contributed by atoms with van der Waals surface area (Å²) in [5, 5.41) is 2.13. The van der Waals surface area contributed by atoms with Gasteiger partial charge in [-0.2, -0.15) is 0 Å². The first-order valence-corrected chi connectivity index (χ1v) is 10.7. The van der Waals surface area contributed by atoms with Gasteiger partial charge < -0.3 is 0 Å². The summed E-state index contributed by atoms with van der Waals surface area (Å²) >= 11 is 5.11. The maximum Gasteiger partial charge on any atom is 0.241 e. The maximum absolute atomic E-state index is 12.4. The van der Waals surface area contributed by atoms with E-state index in [0.29, 0.717) is 11.0 Å². The van der Waals surface area contributed by atoms with Crippen LogP contribution >= 0.6 is 27.3 Å². The average Bonchev–Trinajstić information content (AvgIpc) is 3.00.